The summed E-state index contributed by atoms with van der Waals surface area (Å²) in [5.41, 5.74) is 1.99. The third-order valence-electron chi connectivity index (χ3n) is 2.09. The van der Waals surface area contributed by atoms with Gasteiger partial charge in [-0.2, -0.15) is 0 Å². The molecule has 1 aromatic carbocycles. The van der Waals surface area contributed by atoms with Crippen molar-refractivity contribution < 1.29 is 13.5 Å². The molecule has 2 nitrogen and oxygen atoms in total. The normalized spacial score (nSPS) is 10.7. The summed E-state index contributed by atoms with van der Waals surface area (Å²) in [5.74, 6) is 0.813. The Bertz CT molecular complexity index is 315. The van der Waals surface area contributed by atoms with Gasteiger partial charge >= 0.3 is 0 Å². The third-order valence-corrected chi connectivity index (χ3v) is 2.09. The lowest BCUT2D eigenvalue weighted by Crippen LogP contribution is -2.20. The molecule has 0 bridgehead atoms. The maximum absolute atomic E-state index is 11.9. The summed E-state index contributed by atoms with van der Waals surface area (Å²) in [5, 5.41) is 2.67. The van der Waals surface area contributed by atoms with Crippen LogP contribution in [0.1, 0.15) is 11.1 Å². The van der Waals surface area contributed by atoms with Gasteiger partial charge in [-0.25, -0.2) is 8.78 Å². The number of nitrogens with one attached hydrogen (secondary N) is 1. The van der Waals surface area contributed by atoms with E-state index < -0.39 is 6.43 Å². The molecule has 0 aromatic heterocycles. The van der Waals surface area contributed by atoms with Crippen molar-refractivity contribution in [2.45, 2.75) is 19.9 Å². The molecular weight excluding hydrogens is 200 g/mol. The molecule has 1 N–H and O–H groups in total. The fourth-order valence-corrected chi connectivity index (χ4v) is 1.38. The molecule has 0 radical (unpaired) electrons. The monoisotopic (exact) mass is 215 g/mol. The molecule has 0 spiro atoms. The Morgan fingerprint density at radius 2 is 2.13 bits per heavy atom. The standard InChI is InChI=1S/C11H15F2NO/c1-8-5-9(3-4-10(8)15-2)6-14-7-11(12)13/h3-5,11,14H,6-7H2,1-2H3. The lowest BCUT2D eigenvalue weighted by atomic mass is 10.1. The SMILES string of the molecule is COc1ccc(CNCC(F)F)cc1C. The highest BCUT2D eigenvalue weighted by atomic mass is 19.3. The maximum Gasteiger partial charge on any atom is 0.250 e. The van der Waals surface area contributed by atoms with E-state index >= 15 is 0 Å². The smallest absolute Gasteiger partial charge is 0.250 e. The van der Waals surface area contributed by atoms with Crippen LogP contribution in [0.15, 0.2) is 18.2 Å². The summed E-state index contributed by atoms with van der Waals surface area (Å²) in [6.07, 6.45) is -2.30. The van der Waals surface area contributed by atoms with Crippen LogP contribution in [0.2, 0.25) is 0 Å². The average molecular weight is 215 g/mol. The predicted molar refractivity (Wildman–Crippen MR) is 55.4 cm³/mol. The summed E-state index contributed by atoms with van der Waals surface area (Å²) in [6.45, 7) is 2.11. The number of hydrogen-bond donors (Lipinski definition) is 1. The first kappa shape index (κ1) is 11.9. The lowest BCUT2D eigenvalue weighted by Gasteiger charge is -2.08. The second-order valence-electron chi connectivity index (χ2n) is 3.33. The van der Waals surface area contributed by atoms with Crippen LogP contribution in [-0.4, -0.2) is 20.1 Å². The molecule has 1 aromatic rings. The summed E-state index contributed by atoms with van der Waals surface area (Å²) in [6, 6.07) is 5.64. The van der Waals surface area contributed by atoms with Gasteiger partial charge in [0, 0.05) is 6.54 Å². The number of alkyl halides is 2. The fourth-order valence-electron chi connectivity index (χ4n) is 1.38. The van der Waals surface area contributed by atoms with Crippen LogP contribution in [0.5, 0.6) is 5.75 Å². The first-order valence-corrected chi connectivity index (χ1v) is 4.76. The van der Waals surface area contributed by atoms with Gasteiger partial charge in [-0.1, -0.05) is 12.1 Å². The Labute approximate surface area is 88.3 Å². The van der Waals surface area contributed by atoms with Crippen molar-refractivity contribution in [2.24, 2.45) is 0 Å². The van der Waals surface area contributed by atoms with Crippen molar-refractivity contribution in [3.63, 3.8) is 0 Å². The molecule has 0 aliphatic heterocycles. The molecule has 84 valence electrons. The third kappa shape index (κ3) is 3.83. The topological polar surface area (TPSA) is 21.3 Å². The molecule has 4 heteroatoms. The number of methoxy groups -OCH3 is 1. The number of hydrogen-bond acceptors (Lipinski definition) is 2. The van der Waals surface area contributed by atoms with Crippen LogP contribution in [0, 0.1) is 6.92 Å². The second kappa shape index (κ2) is 5.66. The van der Waals surface area contributed by atoms with E-state index in [9.17, 15) is 8.78 Å². The van der Waals surface area contributed by atoms with Crippen molar-refractivity contribution in [3.8, 4) is 5.75 Å². The van der Waals surface area contributed by atoms with E-state index in [2.05, 4.69) is 5.32 Å². The lowest BCUT2D eigenvalue weighted by molar-refractivity contribution is 0.145. The molecule has 0 heterocycles. The molecule has 0 aliphatic rings. The predicted octanol–water partition coefficient (Wildman–Crippen LogP) is 2.36. The van der Waals surface area contributed by atoms with E-state index in [0.29, 0.717) is 6.54 Å². The van der Waals surface area contributed by atoms with Gasteiger partial charge in [-0.3, -0.25) is 0 Å². The van der Waals surface area contributed by atoms with E-state index in [4.69, 9.17) is 4.74 Å². The van der Waals surface area contributed by atoms with Gasteiger partial charge in [0.25, 0.3) is 6.43 Å². The zero-order valence-electron chi connectivity index (χ0n) is 8.89. The summed E-state index contributed by atoms with van der Waals surface area (Å²) >= 11 is 0. The van der Waals surface area contributed by atoms with Gasteiger partial charge in [-0.05, 0) is 24.1 Å². The quantitative estimate of drug-likeness (QED) is 0.814. The van der Waals surface area contributed by atoms with E-state index in [1.807, 2.05) is 25.1 Å². The Hall–Kier alpha value is -1.16. The summed E-state index contributed by atoms with van der Waals surface area (Å²) in [7, 11) is 1.61. The van der Waals surface area contributed by atoms with E-state index in [1.54, 1.807) is 7.11 Å². The Morgan fingerprint density at radius 3 is 2.67 bits per heavy atom. The zero-order chi connectivity index (χ0) is 11.3. The molecule has 0 fully saturated rings. The highest BCUT2D eigenvalue weighted by molar-refractivity contribution is 5.36. The second-order valence-corrected chi connectivity index (χ2v) is 3.33. The number of ether oxygens (including phenoxy) is 1. The number of halogens is 2. The van der Waals surface area contributed by atoms with Crippen molar-refractivity contribution in [1.82, 2.24) is 5.32 Å². The Balaban J connectivity index is 2.52. The van der Waals surface area contributed by atoms with E-state index in [1.165, 1.54) is 0 Å². The van der Waals surface area contributed by atoms with Crippen LogP contribution in [-0.2, 0) is 6.54 Å². The zero-order valence-corrected chi connectivity index (χ0v) is 8.89. The van der Waals surface area contributed by atoms with Crippen molar-refractivity contribution in [3.05, 3.63) is 29.3 Å². The molecule has 15 heavy (non-hydrogen) atoms. The largest absolute Gasteiger partial charge is 0.496 e. The molecule has 0 unspecified atom stereocenters. The molecular formula is C11H15F2NO. The fraction of sp³-hybridized carbons (Fsp3) is 0.455. The van der Waals surface area contributed by atoms with Crippen LogP contribution in [0.3, 0.4) is 0 Å². The Morgan fingerprint density at radius 1 is 1.40 bits per heavy atom. The molecule has 0 atom stereocenters. The summed E-state index contributed by atoms with van der Waals surface area (Å²) in [4.78, 5) is 0. The van der Waals surface area contributed by atoms with Crippen molar-refractivity contribution in [2.75, 3.05) is 13.7 Å². The highest BCUT2D eigenvalue weighted by Gasteiger charge is 2.02. The average Bonchev–Trinajstić information content (AvgIpc) is 2.17. The molecule has 0 aliphatic carbocycles. The van der Waals surface area contributed by atoms with Gasteiger partial charge in [0.05, 0.1) is 13.7 Å². The van der Waals surface area contributed by atoms with Crippen molar-refractivity contribution in [1.29, 1.82) is 0 Å². The van der Waals surface area contributed by atoms with E-state index in [-0.39, 0.29) is 6.54 Å². The maximum atomic E-state index is 11.9. The first-order chi connectivity index (χ1) is 7.13. The minimum atomic E-state index is -2.30. The molecule has 0 saturated heterocycles. The molecule has 1 rings (SSSR count). The van der Waals surface area contributed by atoms with Gasteiger partial charge in [0.15, 0.2) is 0 Å². The Kier molecular flexibility index (Phi) is 4.49. The van der Waals surface area contributed by atoms with Gasteiger partial charge in [-0.15, -0.1) is 0 Å². The van der Waals surface area contributed by atoms with Crippen LogP contribution >= 0.6 is 0 Å². The van der Waals surface area contributed by atoms with Crippen LogP contribution < -0.4 is 10.1 Å². The first-order valence-electron chi connectivity index (χ1n) is 4.76. The number of aryl methyl sites for hydroxylation is 1. The highest BCUT2D eigenvalue weighted by Crippen LogP contribution is 2.18. The van der Waals surface area contributed by atoms with Crippen LogP contribution in [0.4, 0.5) is 8.78 Å². The van der Waals surface area contributed by atoms with Crippen LogP contribution in [0.25, 0.3) is 0 Å². The van der Waals surface area contributed by atoms with Gasteiger partial charge in [0.2, 0.25) is 0 Å². The van der Waals surface area contributed by atoms with Crippen molar-refractivity contribution >= 4 is 0 Å². The van der Waals surface area contributed by atoms with Gasteiger partial charge < -0.3 is 10.1 Å². The number of rotatable bonds is 5. The summed E-state index contributed by atoms with van der Waals surface area (Å²) < 4.78 is 28.8. The molecule has 0 saturated carbocycles. The minimum Gasteiger partial charge on any atom is -0.496 e. The number of benzene rings is 1. The minimum absolute atomic E-state index is 0.273. The molecule has 0 amide bonds. The van der Waals surface area contributed by atoms with Gasteiger partial charge in [0.1, 0.15) is 5.75 Å². The van der Waals surface area contributed by atoms with E-state index in [0.717, 1.165) is 16.9 Å².